The molecule has 1 aromatic heterocycles. The minimum absolute atomic E-state index is 0.236. The Morgan fingerprint density at radius 2 is 2.07 bits per heavy atom. The fourth-order valence-electron chi connectivity index (χ4n) is 1.36. The Hall–Kier alpha value is -1.52. The number of carbonyl (C=O) groups is 1. The van der Waals surface area contributed by atoms with E-state index in [-0.39, 0.29) is 5.41 Å². The van der Waals surface area contributed by atoms with Crippen LogP contribution in [-0.2, 0) is 10.2 Å². The lowest BCUT2D eigenvalue weighted by molar-refractivity contribution is 0.0591. The molecule has 0 aromatic carbocycles. The molecule has 0 unspecified atom stereocenters. The van der Waals surface area contributed by atoms with Gasteiger partial charge < -0.3 is 10.5 Å². The molecule has 78 valence electrons. The first kappa shape index (κ1) is 10.6. The van der Waals surface area contributed by atoms with Gasteiger partial charge in [-0.15, -0.1) is 0 Å². The first-order chi connectivity index (χ1) is 6.38. The van der Waals surface area contributed by atoms with Crippen molar-refractivity contribution >= 4 is 11.8 Å². The maximum Gasteiger partial charge on any atom is 0.356 e. The number of nitrogens with zero attached hydrogens (tertiary/aromatic N) is 1. The summed E-state index contributed by atoms with van der Waals surface area (Å²) in [6.45, 7) is 5.88. The number of methoxy groups -OCH3 is 1. The number of nitrogens with two attached hydrogens (primary N) is 1. The van der Waals surface area contributed by atoms with Crippen molar-refractivity contribution in [3.8, 4) is 0 Å². The highest BCUT2D eigenvalue weighted by Crippen LogP contribution is 2.29. The first-order valence-corrected chi connectivity index (χ1v) is 4.30. The predicted molar refractivity (Wildman–Crippen MR) is 53.0 cm³/mol. The van der Waals surface area contributed by atoms with E-state index in [1.807, 2.05) is 20.8 Å². The van der Waals surface area contributed by atoms with E-state index in [9.17, 15) is 4.79 Å². The van der Waals surface area contributed by atoms with Crippen LogP contribution in [0.15, 0.2) is 0 Å². The van der Waals surface area contributed by atoms with E-state index in [4.69, 9.17) is 5.73 Å². The SMILES string of the molecule is COC(=O)c1[nH]nc(N)c1C(C)(C)C. The fourth-order valence-corrected chi connectivity index (χ4v) is 1.36. The number of anilines is 1. The van der Waals surface area contributed by atoms with Gasteiger partial charge in [-0.1, -0.05) is 20.8 Å². The fraction of sp³-hybridized carbons (Fsp3) is 0.556. The molecule has 1 rings (SSSR count). The lowest BCUT2D eigenvalue weighted by Crippen LogP contribution is -2.18. The number of H-pyrrole nitrogens is 1. The minimum atomic E-state index is -0.445. The van der Waals surface area contributed by atoms with Crippen LogP contribution >= 0.6 is 0 Å². The number of nitrogens with one attached hydrogen (secondary N) is 1. The molecule has 0 fully saturated rings. The van der Waals surface area contributed by atoms with E-state index in [2.05, 4.69) is 14.9 Å². The van der Waals surface area contributed by atoms with Gasteiger partial charge in [0.25, 0.3) is 0 Å². The number of aromatic nitrogens is 2. The van der Waals surface area contributed by atoms with Gasteiger partial charge in [-0.05, 0) is 5.41 Å². The van der Waals surface area contributed by atoms with Gasteiger partial charge in [0.15, 0.2) is 0 Å². The molecule has 0 aliphatic heterocycles. The number of rotatable bonds is 1. The van der Waals surface area contributed by atoms with Gasteiger partial charge >= 0.3 is 5.97 Å². The standard InChI is InChI=1S/C9H15N3O2/c1-9(2,3)5-6(8(13)14-4)11-12-7(5)10/h1-4H3,(H3,10,11,12). The first-order valence-electron chi connectivity index (χ1n) is 4.30. The van der Waals surface area contributed by atoms with Crippen LogP contribution in [0, 0.1) is 0 Å². The molecule has 0 saturated heterocycles. The second-order valence-corrected chi connectivity index (χ2v) is 4.10. The third-order valence-corrected chi connectivity index (χ3v) is 1.93. The topological polar surface area (TPSA) is 81.0 Å². The van der Waals surface area contributed by atoms with E-state index >= 15 is 0 Å². The van der Waals surface area contributed by atoms with Crippen LogP contribution in [0.1, 0.15) is 36.8 Å². The summed E-state index contributed by atoms with van der Waals surface area (Å²) in [5.74, 6) is -0.1000. The highest BCUT2D eigenvalue weighted by Gasteiger charge is 2.27. The highest BCUT2D eigenvalue weighted by atomic mass is 16.5. The molecule has 5 heteroatoms. The van der Waals surface area contributed by atoms with Crippen molar-refractivity contribution < 1.29 is 9.53 Å². The van der Waals surface area contributed by atoms with Gasteiger partial charge in [0, 0.05) is 5.56 Å². The van der Waals surface area contributed by atoms with Gasteiger partial charge in [0.05, 0.1) is 7.11 Å². The zero-order chi connectivity index (χ0) is 10.9. The van der Waals surface area contributed by atoms with Crippen molar-refractivity contribution in [2.45, 2.75) is 26.2 Å². The Labute approximate surface area is 82.6 Å². The Kier molecular flexibility index (Phi) is 2.51. The van der Waals surface area contributed by atoms with Gasteiger partial charge in [0.2, 0.25) is 0 Å². The zero-order valence-corrected chi connectivity index (χ0v) is 8.84. The molecular formula is C9H15N3O2. The van der Waals surface area contributed by atoms with Crippen molar-refractivity contribution in [3.05, 3.63) is 11.3 Å². The molecule has 0 aliphatic rings. The number of esters is 1. The van der Waals surface area contributed by atoms with Crippen LogP contribution in [-0.4, -0.2) is 23.3 Å². The molecule has 0 spiro atoms. The molecule has 1 heterocycles. The van der Waals surface area contributed by atoms with Crippen LogP contribution in [0.3, 0.4) is 0 Å². The van der Waals surface area contributed by atoms with Crippen molar-refractivity contribution in [3.63, 3.8) is 0 Å². The second kappa shape index (κ2) is 3.32. The van der Waals surface area contributed by atoms with E-state index in [0.29, 0.717) is 17.1 Å². The molecule has 0 radical (unpaired) electrons. The summed E-state index contributed by atoms with van der Waals surface area (Å²) in [4.78, 5) is 11.3. The Bertz CT molecular complexity index is 349. The molecule has 5 nitrogen and oxygen atoms in total. The summed E-state index contributed by atoms with van der Waals surface area (Å²) in [7, 11) is 1.33. The lowest BCUT2D eigenvalue weighted by atomic mass is 9.86. The van der Waals surface area contributed by atoms with Crippen molar-refractivity contribution in [2.75, 3.05) is 12.8 Å². The summed E-state index contributed by atoms with van der Waals surface area (Å²) in [5, 5.41) is 6.39. The summed E-state index contributed by atoms with van der Waals surface area (Å²) in [5.41, 5.74) is 6.46. The van der Waals surface area contributed by atoms with Crippen LogP contribution in [0.25, 0.3) is 0 Å². The Morgan fingerprint density at radius 3 is 2.50 bits per heavy atom. The average molecular weight is 197 g/mol. The number of nitrogen functional groups attached to an aromatic ring is 1. The molecule has 3 N–H and O–H groups in total. The van der Waals surface area contributed by atoms with Crippen LogP contribution in [0.5, 0.6) is 0 Å². The van der Waals surface area contributed by atoms with E-state index in [1.54, 1.807) is 0 Å². The van der Waals surface area contributed by atoms with Gasteiger partial charge in [0.1, 0.15) is 11.5 Å². The van der Waals surface area contributed by atoms with E-state index in [1.165, 1.54) is 7.11 Å². The number of carbonyl (C=O) groups excluding carboxylic acids is 1. The molecule has 0 amide bonds. The smallest absolute Gasteiger partial charge is 0.356 e. The maximum absolute atomic E-state index is 11.3. The number of hydrogen-bond acceptors (Lipinski definition) is 4. The number of ether oxygens (including phenoxy) is 1. The van der Waals surface area contributed by atoms with Crippen LogP contribution < -0.4 is 5.73 Å². The predicted octanol–water partition coefficient (Wildman–Crippen LogP) is 1.08. The summed E-state index contributed by atoms with van der Waals surface area (Å²) in [6, 6.07) is 0. The van der Waals surface area contributed by atoms with Crippen LogP contribution in [0.2, 0.25) is 0 Å². The average Bonchev–Trinajstić information content (AvgIpc) is 2.44. The largest absolute Gasteiger partial charge is 0.464 e. The van der Waals surface area contributed by atoms with Crippen molar-refractivity contribution in [1.29, 1.82) is 0 Å². The minimum Gasteiger partial charge on any atom is -0.464 e. The van der Waals surface area contributed by atoms with Crippen molar-refractivity contribution in [2.24, 2.45) is 0 Å². The molecule has 0 aliphatic carbocycles. The van der Waals surface area contributed by atoms with Crippen LogP contribution in [0.4, 0.5) is 5.82 Å². The quantitative estimate of drug-likeness (QED) is 0.660. The van der Waals surface area contributed by atoms with E-state index in [0.717, 1.165) is 0 Å². The number of hydrogen-bond donors (Lipinski definition) is 2. The highest BCUT2D eigenvalue weighted by molar-refractivity contribution is 5.90. The Balaban J connectivity index is 3.27. The summed E-state index contributed by atoms with van der Waals surface area (Å²) < 4.78 is 4.62. The molecular weight excluding hydrogens is 182 g/mol. The van der Waals surface area contributed by atoms with E-state index < -0.39 is 5.97 Å². The molecule has 14 heavy (non-hydrogen) atoms. The number of aromatic amines is 1. The lowest BCUT2D eigenvalue weighted by Gasteiger charge is -2.18. The summed E-state index contributed by atoms with van der Waals surface area (Å²) >= 11 is 0. The van der Waals surface area contributed by atoms with Crippen molar-refractivity contribution in [1.82, 2.24) is 10.2 Å². The van der Waals surface area contributed by atoms with Gasteiger partial charge in [-0.25, -0.2) is 4.79 Å². The molecule has 1 aromatic rings. The normalized spacial score (nSPS) is 11.4. The molecule has 0 bridgehead atoms. The summed E-state index contributed by atoms with van der Waals surface area (Å²) in [6.07, 6.45) is 0. The third-order valence-electron chi connectivity index (χ3n) is 1.93. The monoisotopic (exact) mass is 197 g/mol. The molecule has 0 saturated carbocycles. The zero-order valence-electron chi connectivity index (χ0n) is 8.84. The van der Waals surface area contributed by atoms with Gasteiger partial charge in [-0.2, -0.15) is 5.10 Å². The second-order valence-electron chi connectivity index (χ2n) is 4.10. The van der Waals surface area contributed by atoms with Gasteiger partial charge in [-0.3, -0.25) is 5.10 Å². The third kappa shape index (κ3) is 1.71. The maximum atomic E-state index is 11.3. The Morgan fingerprint density at radius 1 is 1.50 bits per heavy atom. The molecule has 0 atom stereocenters.